The van der Waals surface area contributed by atoms with Gasteiger partial charge in [0.1, 0.15) is 0 Å². The summed E-state index contributed by atoms with van der Waals surface area (Å²) in [4.78, 5) is 14.9. The Labute approximate surface area is 135 Å². The number of rotatable bonds is 2. The number of hydrogen-bond donors (Lipinski definition) is 0. The van der Waals surface area contributed by atoms with E-state index in [1.165, 1.54) is 11.1 Å². The van der Waals surface area contributed by atoms with E-state index in [1.807, 2.05) is 17.0 Å². The predicted molar refractivity (Wildman–Crippen MR) is 86.8 cm³/mol. The van der Waals surface area contributed by atoms with Gasteiger partial charge in [-0.3, -0.25) is 4.79 Å². The number of ether oxygens (including phenoxy) is 2. The molecule has 4 rings (SSSR count). The first-order valence-electron chi connectivity index (χ1n) is 7.99. The molecule has 1 saturated heterocycles. The Bertz CT molecular complexity index is 756. The average molecular weight is 309 g/mol. The molecule has 2 aromatic rings. The smallest absolute Gasteiger partial charge is 0.254 e. The van der Waals surface area contributed by atoms with Crippen LogP contribution in [0.25, 0.3) is 0 Å². The van der Waals surface area contributed by atoms with Crippen LogP contribution in [-0.4, -0.2) is 24.1 Å². The van der Waals surface area contributed by atoms with E-state index in [0.717, 1.165) is 19.4 Å². The minimum atomic E-state index is 0.0623. The molecule has 2 aliphatic heterocycles. The van der Waals surface area contributed by atoms with Crippen molar-refractivity contribution in [2.24, 2.45) is 0 Å². The van der Waals surface area contributed by atoms with Crippen molar-refractivity contribution in [3.8, 4) is 11.5 Å². The maximum absolute atomic E-state index is 12.9. The summed E-state index contributed by atoms with van der Waals surface area (Å²) in [6.45, 7) is 3.11. The van der Waals surface area contributed by atoms with E-state index in [1.54, 1.807) is 6.07 Å². The molecule has 2 heterocycles. The molecule has 0 bridgehead atoms. The van der Waals surface area contributed by atoms with Crippen LogP contribution in [0.4, 0.5) is 0 Å². The van der Waals surface area contributed by atoms with Gasteiger partial charge in [0.2, 0.25) is 6.79 Å². The molecule has 4 nitrogen and oxygen atoms in total. The summed E-state index contributed by atoms with van der Waals surface area (Å²) in [5.41, 5.74) is 3.11. The van der Waals surface area contributed by atoms with E-state index in [0.29, 0.717) is 17.1 Å². The zero-order chi connectivity index (χ0) is 15.8. The summed E-state index contributed by atoms with van der Waals surface area (Å²) < 4.78 is 10.7. The van der Waals surface area contributed by atoms with E-state index >= 15 is 0 Å². The Morgan fingerprint density at radius 2 is 2.00 bits per heavy atom. The number of aryl methyl sites for hydroxylation is 1. The number of nitrogens with zero attached hydrogens (tertiary/aromatic N) is 1. The molecule has 2 aliphatic rings. The zero-order valence-corrected chi connectivity index (χ0v) is 13.1. The summed E-state index contributed by atoms with van der Waals surface area (Å²) in [5, 5.41) is 0. The van der Waals surface area contributed by atoms with Crippen molar-refractivity contribution in [1.82, 2.24) is 4.90 Å². The van der Waals surface area contributed by atoms with Crippen LogP contribution in [0.5, 0.6) is 11.5 Å². The summed E-state index contributed by atoms with van der Waals surface area (Å²) in [6, 6.07) is 14.0. The molecule has 0 aromatic heterocycles. The van der Waals surface area contributed by atoms with E-state index in [9.17, 15) is 4.79 Å². The highest BCUT2D eigenvalue weighted by atomic mass is 16.7. The fourth-order valence-corrected chi connectivity index (χ4v) is 3.43. The summed E-state index contributed by atoms with van der Waals surface area (Å²) in [7, 11) is 0. The second-order valence-electron chi connectivity index (χ2n) is 6.14. The van der Waals surface area contributed by atoms with Gasteiger partial charge in [0.15, 0.2) is 11.5 Å². The van der Waals surface area contributed by atoms with E-state index < -0.39 is 0 Å². The number of fused-ring (bicyclic) bond motifs is 1. The van der Waals surface area contributed by atoms with Gasteiger partial charge in [0.25, 0.3) is 5.91 Å². The van der Waals surface area contributed by atoms with Gasteiger partial charge in [0, 0.05) is 12.1 Å². The molecule has 2 aromatic carbocycles. The molecule has 4 heteroatoms. The topological polar surface area (TPSA) is 38.8 Å². The van der Waals surface area contributed by atoms with Crippen molar-refractivity contribution in [3.05, 3.63) is 59.2 Å². The number of likely N-dealkylation sites (tertiary alicyclic amines) is 1. The highest BCUT2D eigenvalue weighted by Crippen LogP contribution is 2.36. The molecule has 23 heavy (non-hydrogen) atoms. The summed E-state index contributed by atoms with van der Waals surface area (Å²) in [6.07, 6.45) is 2.05. The van der Waals surface area contributed by atoms with E-state index in [4.69, 9.17) is 9.47 Å². The van der Waals surface area contributed by atoms with Gasteiger partial charge in [-0.25, -0.2) is 0 Å². The van der Waals surface area contributed by atoms with Gasteiger partial charge < -0.3 is 14.4 Å². The third-order valence-corrected chi connectivity index (χ3v) is 4.56. The maximum Gasteiger partial charge on any atom is 0.254 e. The normalized spacial score (nSPS) is 19.2. The first-order valence-corrected chi connectivity index (χ1v) is 7.99. The molecule has 118 valence electrons. The van der Waals surface area contributed by atoms with Crippen molar-refractivity contribution in [3.63, 3.8) is 0 Å². The molecule has 0 saturated carbocycles. The van der Waals surface area contributed by atoms with Crippen LogP contribution in [0.2, 0.25) is 0 Å². The van der Waals surface area contributed by atoms with Crippen LogP contribution >= 0.6 is 0 Å². The Kier molecular flexibility index (Phi) is 3.45. The molecular weight excluding hydrogens is 290 g/mol. The molecule has 0 unspecified atom stereocenters. The van der Waals surface area contributed by atoms with Crippen molar-refractivity contribution in [2.45, 2.75) is 25.8 Å². The lowest BCUT2D eigenvalue weighted by Gasteiger charge is -2.25. The van der Waals surface area contributed by atoms with Crippen molar-refractivity contribution in [1.29, 1.82) is 0 Å². The monoisotopic (exact) mass is 309 g/mol. The number of benzene rings is 2. The number of carbonyl (C=O) groups excluding carboxylic acids is 1. The molecule has 1 fully saturated rings. The second kappa shape index (κ2) is 5.61. The lowest BCUT2D eigenvalue weighted by molar-refractivity contribution is 0.0735. The molecule has 0 N–H and O–H groups in total. The Morgan fingerprint density at radius 1 is 1.13 bits per heavy atom. The lowest BCUT2D eigenvalue weighted by Crippen LogP contribution is -2.30. The van der Waals surface area contributed by atoms with E-state index in [-0.39, 0.29) is 18.7 Å². The van der Waals surface area contributed by atoms with Crippen molar-refractivity contribution < 1.29 is 14.3 Å². The van der Waals surface area contributed by atoms with Crippen LogP contribution in [-0.2, 0) is 0 Å². The number of amides is 1. The largest absolute Gasteiger partial charge is 0.454 e. The maximum atomic E-state index is 12.9. The van der Waals surface area contributed by atoms with Gasteiger partial charge in [-0.1, -0.05) is 29.8 Å². The Hall–Kier alpha value is -2.49. The van der Waals surface area contributed by atoms with Gasteiger partial charge in [-0.15, -0.1) is 0 Å². The summed E-state index contributed by atoms with van der Waals surface area (Å²) in [5.74, 6) is 1.42. The van der Waals surface area contributed by atoms with Crippen LogP contribution in [0.3, 0.4) is 0 Å². The van der Waals surface area contributed by atoms with E-state index in [2.05, 4.69) is 31.2 Å². The number of hydrogen-bond acceptors (Lipinski definition) is 3. The standard InChI is InChI=1S/C19H19NO3/c1-13-4-2-5-14(10-13)16-6-3-9-20(16)19(21)15-7-8-17-18(11-15)23-12-22-17/h2,4-5,7-8,10-11,16H,3,6,9,12H2,1H3/t16-/m0/s1. The van der Waals surface area contributed by atoms with Gasteiger partial charge in [-0.2, -0.15) is 0 Å². The minimum Gasteiger partial charge on any atom is -0.454 e. The van der Waals surface area contributed by atoms with Crippen LogP contribution < -0.4 is 9.47 Å². The Morgan fingerprint density at radius 3 is 2.87 bits per heavy atom. The first-order chi connectivity index (χ1) is 11.2. The Balaban J connectivity index is 1.62. The van der Waals surface area contributed by atoms with Gasteiger partial charge in [0.05, 0.1) is 6.04 Å². The molecule has 0 spiro atoms. The molecule has 1 amide bonds. The molecular formula is C19H19NO3. The third-order valence-electron chi connectivity index (χ3n) is 4.56. The zero-order valence-electron chi connectivity index (χ0n) is 13.1. The van der Waals surface area contributed by atoms with Crippen molar-refractivity contribution in [2.75, 3.05) is 13.3 Å². The quantitative estimate of drug-likeness (QED) is 0.849. The lowest BCUT2D eigenvalue weighted by atomic mass is 10.0. The van der Waals surface area contributed by atoms with Crippen LogP contribution in [0.15, 0.2) is 42.5 Å². The average Bonchev–Trinajstić information content (AvgIpc) is 3.22. The van der Waals surface area contributed by atoms with Gasteiger partial charge in [-0.05, 0) is 43.5 Å². The fraction of sp³-hybridized carbons (Fsp3) is 0.316. The second-order valence-corrected chi connectivity index (χ2v) is 6.14. The van der Waals surface area contributed by atoms with Gasteiger partial charge >= 0.3 is 0 Å². The third kappa shape index (κ3) is 2.54. The summed E-state index contributed by atoms with van der Waals surface area (Å²) >= 11 is 0. The highest BCUT2D eigenvalue weighted by molar-refractivity contribution is 5.95. The first kappa shape index (κ1) is 14.1. The predicted octanol–water partition coefficient (Wildman–Crippen LogP) is 3.70. The molecule has 0 aliphatic carbocycles. The minimum absolute atomic E-state index is 0.0623. The fourth-order valence-electron chi connectivity index (χ4n) is 3.43. The highest BCUT2D eigenvalue weighted by Gasteiger charge is 2.31. The molecule has 1 atom stereocenters. The van der Waals surface area contributed by atoms with Crippen LogP contribution in [0.1, 0.15) is 40.4 Å². The van der Waals surface area contributed by atoms with Crippen molar-refractivity contribution >= 4 is 5.91 Å². The molecule has 0 radical (unpaired) electrons. The van der Waals surface area contributed by atoms with Crippen LogP contribution in [0, 0.1) is 6.92 Å². The SMILES string of the molecule is Cc1cccc([C@@H]2CCCN2C(=O)c2ccc3c(c2)OCO3)c1. The number of carbonyl (C=O) groups is 1.